The lowest BCUT2D eigenvalue weighted by atomic mass is 9.79. The Morgan fingerprint density at radius 2 is 1.88 bits per heavy atom. The topological polar surface area (TPSA) is 50.8 Å². The first kappa shape index (κ1) is 15.9. The second-order valence-electron chi connectivity index (χ2n) is 6.29. The van der Waals surface area contributed by atoms with E-state index in [0.717, 1.165) is 17.0 Å². The standard InChI is InChI=1S/C19H18N2O3S/c1-19-15(17(22)23-2)16(13-10-6-7-11-14(13)24-19)20-18(25)21(19)12-8-4-3-5-9-12/h3-11,15-16H,1-2H3,(H,20,25)/t15?,16?,19-/m0/s1. The summed E-state index contributed by atoms with van der Waals surface area (Å²) in [6.45, 7) is 1.89. The molecule has 0 radical (unpaired) electrons. The van der Waals surface area contributed by atoms with Gasteiger partial charge in [0.2, 0.25) is 5.72 Å². The van der Waals surface area contributed by atoms with Gasteiger partial charge in [-0.2, -0.15) is 0 Å². The molecular weight excluding hydrogens is 336 g/mol. The van der Waals surface area contributed by atoms with E-state index in [1.165, 1.54) is 7.11 Å². The molecule has 2 aliphatic heterocycles. The molecule has 1 N–H and O–H groups in total. The van der Waals surface area contributed by atoms with E-state index in [1.54, 1.807) is 0 Å². The van der Waals surface area contributed by atoms with Gasteiger partial charge in [0.15, 0.2) is 5.11 Å². The smallest absolute Gasteiger partial charge is 0.317 e. The molecule has 1 saturated heterocycles. The van der Waals surface area contributed by atoms with Crippen LogP contribution in [0.1, 0.15) is 18.5 Å². The summed E-state index contributed by atoms with van der Waals surface area (Å²) in [5, 5.41) is 3.84. The van der Waals surface area contributed by atoms with E-state index in [4.69, 9.17) is 21.7 Å². The van der Waals surface area contributed by atoms with Crippen molar-refractivity contribution in [2.24, 2.45) is 5.92 Å². The van der Waals surface area contributed by atoms with E-state index in [2.05, 4.69) is 5.32 Å². The highest BCUT2D eigenvalue weighted by Crippen LogP contribution is 2.49. The van der Waals surface area contributed by atoms with E-state index in [1.807, 2.05) is 66.4 Å². The lowest BCUT2D eigenvalue weighted by molar-refractivity contribution is -0.157. The maximum Gasteiger partial charge on any atom is 0.317 e. The normalized spacial score (nSPS) is 27.0. The number of nitrogens with one attached hydrogen (secondary N) is 1. The van der Waals surface area contributed by atoms with Crippen LogP contribution in [0.3, 0.4) is 0 Å². The fourth-order valence-electron chi connectivity index (χ4n) is 3.78. The fourth-order valence-corrected chi connectivity index (χ4v) is 4.20. The molecule has 0 aromatic heterocycles. The Labute approximate surface area is 151 Å². The first-order chi connectivity index (χ1) is 12.1. The van der Waals surface area contributed by atoms with Crippen molar-refractivity contribution in [3.05, 3.63) is 60.2 Å². The number of hydrogen-bond donors (Lipinski definition) is 1. The Morgan fingerprint density at radius 3 is 2.60 bits per heavy atom. The summed E-state index contributed by atoms with van der Waals surface area (Å²) in [5.41, 5.74) is 0.773. The zero-order valence-corrected chi connectivity index (χ0v) is 14.7. The van der Waals surface area contributed by atoms with Crippen LogP contribution >= 0.6 is 12.2 Å². The van der Waals surface area contributed by atoms with Crippen molar-refractivity contribution < 1.29 is 14.3 Å². The largest absolute Gasteiger partial charge is 0.469 e. The molecule has 6 heteroatoms. The number of esters is 1. The Kier molecular flexibility index (Phi) is 3.65. The third-order valence-corrected chi connectivity index (χ3v) is 5.18. The van der Waals surface area contributed by atoms with Gasteiger partial charge in [0.1, 0.15) is 11.7 Å². The zero-order valence-electron chi connectivity index (χ0n) is 13.9. The van der Waals surface area contributed by atoms with Gasteiger partial charge in [-0.25, -0.2) is 0 Å². The number of para-hydroxylation sites is 2. The number of hydrogen-bond acceptors (Lipinski definition) is 4. The fraction of sp³-hybridized carbons (Fsp3) is 0.263. The summed E-state index contributed by atoms with van der Waals surface area (Å²) in [7, 11) is 1.40. The summed E-state index contributed by atoms with van der Waals surface area (Å²) in [6, 6.07) is 17.1. The molecule has 1 fully saturated rings. The van der Waals surface area contributed by atoms with Crippen LogP contribution in [0.5, 0.6) is 5.75 Å². The van der Waals surface area contributed by atoms with Gasteiger partial charge in [0, 0.05) is 11.3 Å². The van der Waals surface area contributed by atoms with Gasteiger partial charge in [-0.1, -0.05) is 36.4 Å². The average Bonchev–Trinajstić information content (AvgIpc) is 2.61. The molecule has 2 aromatic carbocycles. The highest BCUT2D eigenvalue weighted by Gasteiger charge is 2.59. The van der Waals surface area contributed by atoms with E-state index in [0.29, 0.717) is 5.11 Å². The van der Waals surface area contributed by atoms with Crippen LogP contribution in [-0.2, 0) is 9.53 Å². The number of thiocarbonyl (C=S) groups is 1. The van der Waals surface area contributed by atoms with Crippen molar-refractivity contribution >= 4 is 29.0 Å². The minimum absolute atomic E-state index is 0.296. The summed E-state index contributed by atoms with van der Waals surface area (Å²) >= 11 is 5.62. The monoisotopic (exact) mass is 354 g/mol. The van der Waals surface area contributed by atoms with E-state index < -0.39 is 11.6 Å². The Bertz CT molecular complexity index is 842. The van der Waals surface area contributed by atoms with E-state index >= 15 is 0 Å². The molecule has 0 aliphatic carbocycles. The molecule has 2 heterocycles. The molecule has 0 amide bonds. The van der Waals surface area contributed by atoms with Crippen LogP contribution < -0.4 is 15.0 Å². The van der Waals surface area contributed by atoms with Crippen LogP contribution in [0, 0.1) is 5.92 Å². The van der Waals surface area contributed by atoms with Crippen LogP contribution in [-0.4, -0.2) is 23.9 Å². The van der Waals surface area contributed by atoms with Crippen LogP contribution in [0.4, 0.5) is 5.69 Å². The molecule has 0 saturated carbocycles. The first-order valence-corrected chi connectivity index (χ1v) is 8.48. The van der Waals surface area contributed by atoms with Crippen molar-refractivity contribution in [3.63, 3.8) is 0 Å². The minimum Gasteiger partial charge on any atom is -0.469 e. The number of rotatable bonds is 2. The SMILES string of the molecule is COC(=O)C1C2NC(=S)N(c3ccccc3)[C@@]1(C)Oc1ccccc12. The molecule has 2 unspecified atom stereocenters. The predicted molar refractivity (Wildman–Crippen MR) is 98.4 cm³/mol. The van der Waals surface area contributed by atoms with Crippen LogP contribution in [0.2, 0.25) is 0 Å². The number of fused-ring (bicyclic) bond motifs is 4. The Balaban J connectivity index is 1.91. The van der Waals surface area contributed by atoms with Gasteiger partial charge in [0.05, 0.1) is 13.2 Å². The molecule has 2 bridgehead atoms. The number of anilines is 1. The minimum atomic E-state index is -0.990. The van der Waals surface area contributed by atoms with E-state index in [-0.39, 0.29) is 12.0 Å². The number of methoxy groups -OCH3 is 1. The number of benzene rings is 2. The maximum atomic E-state index is 12.7. The molecule has 5 nitrogen and oxygen atoms in total. The van der Waals surface area contributed by atoms with E-state index in [9.17, 15) is 4.79 Å². The molecule has 128 valence electrons. The number of ether oxygens (including phenoxy) is 2. The number of carbonyl (C=O) groups excluding carboxylic acids is 1. The third-order valence-electron chi connectivity index (χ3n) is 4.88. The number of nitrogens with zero attached hydrogens (tertiary/aromatic N) is 1. The predicted octanol–water partition coefficient (Wildman–Crippen LogP) is 3.02. The lowest BCUT2D eigenvalue weighted by Gasteiger charge is -2.55. The van der Waals surface area contributed by atoms with Gasteiger partial charge >= 0.3 is 5.97 Å². The molecule has 4 rings (SSSR count). The van der Waals surface area contributed by atoms with Gasteiger partial charge in [0.25, 0.3) is 0 Å². The van der Waals surface area contributed by atoms with Crippen molar-refractivity contribution in [1.82, 2.24) is 5.32 Å². The highest BCUT2D eigenvalue weighted by molar-refractivity contribution is 7.80. The quantitative estimate of drug-likeness (QED) is 0.661. The maximum absolute atomic E-state index is 12.7. The second-order valence-corrected chi connectivity index (χ2v) is 6.68. The van der Waals surface area contributed by atoms with Gasteiger partial charge < -0.3 is 14.8 Å². The lowest BCUT2D eigenvalue weighted by Crippen LogP contribution is -2.71. The van der Waals surface area contributed by atoms with Crippen molar-refractivity contribution in [1.29, 1.82) is 0 Å². The van der Waals surface area contributed by atoms with Crippen LogP contribution in [0.25, 0.3) is 0 Å². The molecule has 25 heavy (non-hydrogen) atoms. The highest BCUT2D eigenvalue weighted by atomic mass is 32.1. The average molecular weight is 354 g/mol. The summed E-state index contributed by atoms with van der Waals surface area (Å²) in [5.74, 6) is -0.164. The van der Waals surface area contributed by atoms with Gasteiger partial charge in [-0.05, 0) is 37.3 Å². The van der Waals surface area contributed by atoms with Crippen molar-refractivity contribution in [2.45, 2.75) is 18.7 Å². The molecule has 2 aromatic rings. The van der Waals surface area contributed by atoms with Gasteiger partial charge in [-0.15, -0.1) is 0 Å². The summed E-state index contributed by atoms with van der Waals surface area (Å²) in [6.07, 6.45) is 0. The molecule has 0 spiro atoms. The van der Waals surface area contributed by atoms with Gasteiger partial charge in [-0.3, -0.25) is 9.69 Å². The Morgan fingerprint density at radius 1 is 1.20 bits per heavy atom. The van der Waals surface area contributed by atoms with Crippen molar-refractivity contribution in [2.75, 3.05) is 12.0 Å². The van der Waals surface area contributed by atoms with Crippen molar-refractivity contribution in [3.8, 4) is 5.75 Å². The van der Waals surface area contributed by atoms with Crippen LogP contribution in [0.15, 0.2) is 54.6 Å². The zero-order chi connectivity index (χ0) is 17.6. The third kappa shape index (κ3) is 2.28. The second kappa shape index (κ2) is 5.74. The Hall–Kier alpha value is -2.60. The summed E-state index contributed by atoms with van der Waals surface area (Å²) < 4.78 is 11.5. The summed E-state index contributed by atoms with van der Waals surface area (Å²) in [4.78, 5) is 14.5. The molecule has 3 atom stereocenters. The molecular formula is C19H18N2O3S. The molecule has 2 aliphatic rings. The first-order valence-electron chi connectivity index (χ1n) is 8.08. The number of carbonyl (C=O) groups is 1.